The van der Waals surface area contributed by atoms with E-state index < -0.39 is 0 Å². The molecule has 3 fully saturated rings. The van der Waals surface area contributed by atoms with Crippen LogP contribution in [0.5, 0.6) is 0 Å². The predicted octanol–water partition coefficient (Wildman–Crippen LogP) is 1.27. The van der Waals surface area contributed by atoms with E-state index in [0.29, 0.717) is 18.7 Å². The number of carbonyl (C=O) groups is 2. The summed E-state index contributed by atoms with van der Waals surface area (Å²) < 4.78 is 0. The number of likely N-dealkylation sites (N-methyl/N-ethyl adjacent to an activating group) is 1. The topological polar surface area (TPSA) is 47.1 Å². The second kappa shape index (κ2) is 8.70. The van der Waals surface area contributed by atoms with Crippen molar-refractivity contribution in [1.82, 2.24) is 19.6 Å². The van der Waals surface area contributed by atoms with Gasteiger partial charge in [0.25, 0.3) is 0 Å². The minimum Gasteiger partial charge on any atom is -0.342 e. The summed E-state index contributed by atoms with van der Waals surface area (Å²) in [6.45, 7) is 10.7. The maximum Gasteiger partial charge on any atom is 0.223 e. The molecule has 3 heterocycles. The van der Waals surface area contributed by atoms with E-state index >= 15 is 0 Å². The summed E-state index contributed by atoms with van der Waals surface area (Å²) in [6, 6.07) is 0. The molecule has 0 aromatic heterocycles. The monoisotopic (exact) mass is 364 g/mol. The molecule has 0 saturated carbocycles. The number of amides is 2. The third-order valence-corrected chi connectivity index (χ3v) is 6.60. The van der Waals surface area contributed by atoms with Crippen molar-refractivity contribution < 1.29 is 9.59 Å². The van der Waals surface area contributed by atoms with Crippen molar-refractivity contribution in [3.05, 3.63) is 0 Å². The molecule has 1 unspecified atom stereocenters. The highest BCUT2D eigenvalue weighted by Crippen LogP contribution is 2.38. The quantitative estimate of drug-likeness (QED) is 0.754. The zero-order valence-electron chi connectivity index (χ0n) is 16.7. The molecule has 3 rings (SSSR count). The lowest BCUT2D eigenvalue weighted by atomic mass is 9.73. The number of likely N-dealkylation sites (tertiary alicyclic amines) is 2. The molecule has 0 radical (unpaired) electrons. The highest BCUT2D eigenvalue weighted by atomic mass is 16.2. The molecule has 3 aliphatic rings. The van der Waals surface area contributed by atoms with Crippen LogP contribution in [-0.4, -0.2) is 97.4 Å². The van der Waals surface area contributed by atoms with Crippen LogP contribution in [0.4, 0.5) is 0 Å². The molecule has 148 valence electrons. The van der Waals surface area contributed by atoms with E-state index in [1.54, 1.807) is 0 Å². The van der Waals surface area contributed by atoms with Crippen LogP contribution in [0.3, 0.4) is 0 Å². The number of nitrogens with zero attached hydrogens (tertiary/aromatic N) is 4. The van der Waals surface area contributed by atoms with Gasteiger partial charge < -0.3 is 19.6 Å². The Morgan fingerprint density at radius 1 is 1.04 bits per heavy atom. The summed E-state index contributed by atoms with van der Waals surface area (Å²) in [4.78, 5) is 33.8. The number of piperidine rings is 2. The van der Waals surface area contributed by atoms with Crippen LogP contribution < -0.4 is 0 Å². The van der Waals surface area contributed by atoms with Gasteiger partial charge in [-0.05, 0) is 52.7 Å². The van der Waals surface area contributed by atoms with Gasteiger partial charge in [0.1, 0.15) is 0 Å². The zero-order chi connectivity index (χ0) is 18.6. The van der Waals surface area contributed by atoms with Crippen LogP contribution in [0.15, 0.2) is 0 Å². The van der Waals surface area contributed by atoms with Crippen molar-refractivity contribution in [1.29, 1.82) is 0 Å². The van der Waals surface area contributed by atoms with E-state index in [2.05, 4.69) is 28.7 Å². The summed E-state index contributed by atoms with van der Waals surface area (Å²) >= 11 is 0. The number of hydrogen-bond donors (Lipinski definition) is 0. The summed E-state index contributed by atoms with van der Waals surface area (Å²) in [5.74, 6) is 0.592. The van der Waals surface area contributed by atoms with Crippen molar-refractivity contribution in [2.75, 3.05) is 66.0 Å². The third-order valence-electron chi connectivity index (χ3n) is 6.60. The van der Waals surface area contributed by atoms with Crippen LogP contribution in [0.25, 0.3) is 0 Å². The van der Waals surface area contributed by atoms with E-state index in [4.69, 9.17) is 0 Å². The maximum atomic E-state index is 12.8. The van der Waals surface area contributed by atoms with Crippen molar-refractivity contribution >= 4 is 11.8 Å². The lowest BCUT2D eigenvalue weighted by Gasteiger charge is -2.48. The molecule has 0 aromatic rings. The van der Waals surface area contributed by atoms with Gasteiger partial charge in [-0.1, -0.05) is 0 Å². The molecule has 3 aliphatic heterocycles. The molecule has 0 aromatic carbocycles. The molecule has 0 aliphatic carbocycles. The SMILES string of the molecule is CCN1CC2(CCCN(C(=O)CCN3CCCN(C)CC3)C2)CCC1=O. The average Bonchev–Trinajstić information content (AvgIpc) is 2.86. The summed E-state index contributed by atoms with van der Waals surface area (Å²) in [5.41, 5.74) is 0.142. The fourth-order valence-corrected chi connectivity index (χ4v) is 4.88. The van der Waals surface area contributed by atoms with Crippen molar-refractivity contribution in [2.24, 2.45) is 5.41 Å². The van der Waals surface area contributed by atoms with Gasteiger partial charge in [0.2, 0.25) is 11.8 Å². The fraction of sp³-hybridized carbons (Fsp3) is 0.900. The van der Waals surface area contributed by atoms with Crippen LogP contribution in [-0.2, 0) is 9.59 Å². The first-order valence-electron chi connectivity index (χ1n) is 10.5. The Hall–Kier alpha value is -1.14. The molecule has 1 spiro atoms. The Labute approximate surface area is 158 Å². The van der Waals surface area contributed by atoms with Gasteiger partial charge in [0.15, 0.2) is 0 Å². The summed E-state index contributed by atoms with van der Waals surface area (Å²) in [5, 5.41) is 0. The zero-order valence-corrected chi connectivity index (χ0v) is 16.7. The van der Waals surface area contributed by atoms with Gasteiger partial charge in [0.05, 0.1) is 0 Å². The second-order valence-corrected chi connectivity index (χ2v) is 8.58. The van der Waals surface area contributed by atoms with Gasteiger partial charge in [-0.2, -0.15) is 0 Å². The first-order chi connectivity index (χ1) is 12.5. The lowest BCUT2D eigenvalue weighted by molar-refractivity contribution is -0.142. The van der Waals surface area contributed by atoms with Crippen molar-refractivity contribution in [3.8, 4) is 0 Å². The molecule has 2 amide bonds. The molecule has 3 saturated heterocycles. The molecular formula is C20H36N4O2. The van der Waals surface area contributed by atoms with Crippen molar-refractivity contribution in [2.45, 2.75) is 45.4 Å². The molecule has 6 nitrogen and oxygen atoms in total. The van der Waals surface area contributed by atoms with Gasteiger partial charge >= 0.3 is 0 Å². The second-order valence-electron chi connectivity index (χ2n) is 8.58. The molecule has 26 heavy (non-hydrogen) atoms. The van der Waals surface area contributed by atoms with Gasteiger partial charge in [0, 0.05) is 64.1 Å². The number of rotatable bonds is 4. The van der Waals surface area contributed by atoms with Crippen molar-refractivity contribution in [3.63, 3.8) is 0 Å². The van der Waals surface area contributed by atoms with Gasteiger partial charge in [-0.15, -0.1) is 0 Å². The lowest BCUT2D eigenvalue weighted by Crippen LogP contribution is -2.55. The first kappa shape index (κ1) is 19.6. The highest BCUT2D eigenvalue weighted by molar-refractivity contribution is 5.78. The fourth-order valence-electron chi connectivity index (χ4n) is 4.88. The van der Waals surface area contributed by atoms with Crippen LogP contribution in [0.1, 0.15) is 45.4 Å². The third kappa shape index (κ3) is 4.77. The predicted molar refractivity (Wildman–Crippen MR) is 103 cm³/mol. The molecule has 6 heteroatoms. The molecule has 0 N–H and O–H groups in total. The van der Waals surface area contributed by atoms with E-state index in [1.165, 1.54) is 6.42 Å². The Balaban J connectivity index is 1.51. The van der Waals surface area contributed by atoms with Gasteiger partial charge in [-0.3, -0.25) is 9.59 Å². The highest BCUT2D eigenvalue weighted by Gasteiger charge is 2.42. The summed E-state index contributed by atoms with van der Waals surface area (Å²) in [7, 11) is 2.18. The Morgan fingerprint density at radius 3 is 2.69 bits per heavy atom. The molecule has 0 bridgehead atoms. The van der Waals surface area contributed by atoms with Gasteiger partial charge in [-0.25, -0.2) is 0 Å². The van der Waals surface area contributed by atoms with E-state index in [1.807, 2.05) is 4.90 Å². The minimum absolute atomic E-state index is 0.142. The molecule has 1 atom stereocenters. The molecular weight excluding hydrogens is 328 g/mol. The van der Waals surface area contributed by atoms with Crippen LogP contribution in [0.2, 0.25) is 0 Å². The first-order valence-corrected chi connectivity index (χ1v) is 10.5. The van der Waals surface area contributed by atoms with Crippen LogP contribution >= 0.6 is 0 Å². The standard InChI is InChI=1S/C20H36N4O2/c1-3-23-16-20(9-6-18(23)25)8-4-12-24(17-20)19(26)7-13-22-11-5-10-21(2)14-15-22/h3-17H2,1-2H3. The largest absolute Gasteiger partial charge is 0.342 e. The van der Waals surface area contributed by atoms with E-state index in [9.17, 15) is 9.59 Å². The maximum absolute atomic E-state index is 12.8. The number of hydrogen-bond acceptors (Lipinski definition) is 4. The van der Waals surface area contributed by atoms with E-state index in [0.717, 1.165) is 78.2 Å². The average molecular weight is 365 g/mol. The minimum atomic E-state index is 0.142. The normalized spacial score (nSPS) is 29.2. The van der Waals surface area contributed by atoms with E-state index in [-0.39, 0.29) is 11.3 Å². The van der Waals surface area contributed by atoms with Crippen LogP contribution in [0, 0.1) is 5.41 Å². The Bertz CT molecular complexity index is 512. The summed E-state index contributed by atoms with van der Waals surface area (Å²) in [6.07, 6.45) is 5.65. The Morgan fingerprint density at radius 2 is 1.88 bits per heavy atom. The smallest absolute Gasteiger partial charge is 0.223 e. The Kier molecular flexibility index (Phi) is 6.56. The number of carbonyl (C=O) groups excluding carboxylic acids is 2.